The van der Waals surface area contributed by atoms with E-state index >= 15 is 0 Å². The van der Waals surface area contributed by atoms with Crippen LogP contribution in [0.15, 0.2) is 35.8 Å². The molecule has 0 saturated carbocycles. The molecule has 0 unspecified atom stereocenters. The lowest BCUT2D eigenvalue weighted by Gasteiger charge is -2.34. The van der Waals surface area contributed by atoms with Crippen molar-refractivity contribution in [3.63, 3.8) is 0 Å². The van der Waals surface area contributed by atoms with E-state index in [-0.39, 0.29) is 21.5 Å². The van der Waals surface area contributed by atoms with E-state index in [0.29, 0.717) is 72.2 Å². The van der Waals surface area contributed by atoms with Crippen LogP contribution in [0.3, 0.4) is 0 Å². The predicted molar refractivity (Wildman–Crippen MR) is 154 cm³/mol. The molecule has 0 aliphatic carbocycles. The van der Waals surface area contributed by atoms with Crippen molar-refractivity contribution in [2.75, 3.05) is 58.8 Å². The first kappa shape index (κ1) is 28.7. The average Bonchev–Trinajstić information content (AvgIpc) is 2.95. The Balaban J connectivity index is 1.71. The lowest BCUT2D eigenvalue weighted by molar-refractivity contribution is -0.127. The van der Waals surface area contributed by atoms with Gasteiger partial charge in [0, 0.05) is 62.5 Å². The van der Waals surface area contributed by atoms with Crippen LogP contribution in [0, 0.1) is 0 Å². The van der Waals surface area contributed by atoms with Gasteiger partial charge in [-0.1, -0.05) is 29.8 Å². The van der Waals surface area contributed by atoms with Crippen LogP contribution in [0.1, 0.15) is 13.3 Å². The number of amides is 1. The summed E-state index contributed by atoms with van der Waals surface area (Å²) in [6, 6.07) is 3.29. The second kappa shape index (κ2) is 12.7. The highest BCUT2D eigenvalue weighted by Gasteiger charge is 2.24. The van der Waals surface area contributed by atoms with Crippen LogP contribution < -0.4 is 20.3 Å². The van der Waals surface area contributed by atoms with Crippen molar-refractivity contribution >= 4 is 46.1 Å². The van der Waals surface area contributed by atoms with Gasteiger partial charge in [0.25, 0.3) is 5.56 Å². The van der Waals surface area contributed by atoms with E-state index in [1.54, 1.807) is 27.8 Å². The molecule has 3 heterocycles. The summed E-state index contributed by atoms with van der Waals surface area (Å²) in [5.41, 5.74) is 0.849. The Morgan fingerprint density at radius 2 is 1.77 bits per heavy atom. The molecule has 0 atom stereocenters. The van der Waals surface area contributed by atoms with Gasteiger partial charge in [-0.05, 0) is 32.0 Å². The number of anilines is 1. The normalized spacial score (nSPS) is 13.9. The first-order chi connectivity index (χ1) is 18.8. The van der Waals surface area contributed by atoms with E-state index in [2.05, 4.69) is 26.8 Å². The van der Waals surface area contributed by atoms with Crippen molar-refractivity contribution < 1.29 is 14.3 Å². The molecule has 2 aromatic heterocycles. The number of fused-ring (bicyclic) bond motifs is 1. The van der Waals surface area contributed by atoms with Crippen LogP contribution >= 0.6 is 23.2 Å². The summed E-state index contributed by atoms with van der Waals surface area (Å²) in [7, 11) is 2.97. The number of ether oxygens (including phenoxy) is 2. The molecule has 1 amide bonds. The molecular formula is C27H32Cl2N6O4. The Labute approximate surface area is 237 Å². The Morgan fingerprint density at radius 3 is 2.36 bits per heavy atom. The van der Waals surface area contributed by atoms with Gasteiger partial charge in [-0.15, -0.1) is 0 Å². The van der Waals surface area contributed by atoms with Crippen molar-refractivity contribution in [2.45, 2.75) is 19.9 Å². The molecule has 1 aliphatic heterocycles. The zero-order valence-electron chi connectivity index (χ0n) is 22.3. The third-order valence-corrected chi connectivity index (χ3v) is 7.47. The number of aromatic nitrogens is 3. The molecule has 1 aromatic carbocycles. The van der Waals surface area contributed by atoms with E-state index in [0.717, 1.165) is 19.6 Å². The highest BCUT2D eigenvalue weighted by atomic mass is 35.5. The monoisotopic (exact) mass is 574 g/mol. The number of rotatable bonds is 10. The number of hydrogen-bond donors (Lipinski definition) is 1. The van der Waals surface area contributed by atoms with Gasteiger partial charge < -0.3 is 19.7 Å². The molecule has 0 bridgehead atoms. The van der Waals surface area contributed by atoms with Crippen molar-refractivity contribution in [3.8, 4) is 22.6 Å². The number of halogens is 2. The number of nitrogens with zero attached hydrogens (tertiary/aromatic N) is 5. The highest BCUT2D eigenvalue weighted by molar-refractivity contribution is 6.41. The van der Waals surface area contributed by atoms with Gasteiger partial charge in [0.1, 0.15) is 17.1 Å². The minimum atomic E-state index is -0.288. The predicted octanol–water partition coefficient (Wildman–Crippen LogP) is 3.93. The third kappa shape index (κ3) is 5.98. The maximum atomic E-state index is 14.0. The molecule has 1 N–H and O–H groups in total. The van der Waals surface area contributed by atoms with Crippen LogP contribution in [0.25, 0.3) is 22.2 Å². The summed E-state index contributed by atoms with van der Waals surface area (Å²) < 4.78 is 12.5. The van der Waals surface area contributed by atoms with Gasteiger partial charge in [-0.2, -0.15) is 4.98 Å². The number of aryl methyl sites for hydroxylation is 1. The van der Waals surface area contributed by atoms with Gasteiger partial charge in [-0.3, -0.25) is 19.1 Å². The number of pyridine rings is 1. The lowest BCUT2D eigenvalue weighted by Crippen LogP contribution is -2.48. The number of piperazine rings is 1. The number of nitrogens with one attached hydrogen (secondary N) is 1. The summed E-state index contributed by atoms with van der Waals surface area (Å²) in [5, 5.41) is 4.19. The molecule has 1 saturated heterocycles. The molecule has 4 rings (SSSR count). The van der Waals surface area contributed by atoms with Crippen LogP contribution in [0.4, 0.5) is 5.95 Å². The molecule has 1 aliphatic rings. The largest absolute Gasteiger partial charge is 0.495 e. The molecule has 208 valence electrons. The summed E-state index contributed by atoms with van der Waals surface area (Å²) in [6.07, 6.45) is 3.71. The molecule has 1 fully saturated rings. The number of hydrogen-bond acceptors (Lipinski definition) is 8. The molecular weight excluding hydrogens is 543 g/mol. The average molecular weight is 575 g/mol. The van der Waals surface area contributed by atoms with E-state index in [1.807, 2.05) is 6.92 Å². The zero-order chi connectivity index (χ0) is 28.1. The fraction of sp³-hybridized carbons (Fsp3) is 0.407. The van der Waals surface area contributed by atoms with Crippen LogP contribution in [-0.2, 0) is 11.3 Å². The molecule has 39 heavy (non-hydrogen) atoms. The van der Waals surface area contributed by atoms with E-state index in [1.165, 1.54) is 20.3 Å². The van der Waals surface area contributed by atoms with E-state index in [9.17, 15) is 9.59 Å². The Bertz CT molecular complexity index is 1410. The van der Waals surface area contributed by atoms with Gasteiger partial charge in [0.15, 0.2) is 0 Å². The minimum absolute atomic E-state index is 0.0489. The first-order valence-corrected chi connectivity index (χ1v) is 13.5. The van der Waals surface area contributed by atoms with Crippen LogP contribution in [0.5, 0.6) is 11.5 Å². The fourth-order valence-corrected chi connectivity index (χ4v) is 5.39. The Kier molecular flexibility index (Phi) is 9.32. The zero-order valence-corrected chi connectivity index (χ0v) is 23.8. The van der Waals surface area contributed by atoms with E-state index < -0.39 is 0 Å². The van der Waals surface area contributed by atoms with Crippen molar-refractivity contribution in [2.24, 2.45) is 0 Å². The summed E-state index contributed by atoms with van der Waals surface area (Å²) in [6.45, 7) is 10.1. The highest BCUT2D eigenvalue weighted by Crippen LogP contribution is 2.45. The third-order valence-electron chi connectivity index (χ3n) is 6.72. The maximum Gasteiger partial charge on any atom is 0.260 e. The topological polar surface area (TPSA) is 102 Å². The second-order valence-corrected chi connectivity index (χ2v) is 9.78. The van der Waals surface area contributed by atoms with Crippen molar-refractivity contribution in [1.29, 1.82) is 0 Å². The minimum Gasteiger partial charge on any atom is -0.495 e. The lowest BCUT2D eigenvalue weighted by atomic mass is 10.0. The summed E-state index contributed by atoms with van der Waals surface area (Å²) >= 11 is 13.3. The Hall–Kier alpha value is -3.34. The van der Waals surface area contributed by atoms with Crippen LogP contribution in [0.2, 0.25) is 10.0 Å². The second-order valence-electron chi connectivity index (χ2n) is 9.03. The Morgan fingerprint density at radius 1 is 1.10 bits per heavy atom. The number of carbonyl (C=O) groups is 1. The fourth-order valence-electron chi connectivity index (χ4n) is 4.68. The van der Waals surface area contributed by atoms with Crippen LogP contribution in [-0.4, -0.2) is 83.7 Å². The summed E-state index contributed by atoms with van der Waals surface area (Å²) in [4.78, 5) is 39.0. The van der Waals surface area contributed by atoms with E-state index in [4.69, 9.17) is 32.7 Å². The standard InChI is InChI=1S/C27H32Cl2N6O4/c1-5-21(36)34-12-10-33(11-13-34)8-7-9-35-25-17(16-31-27(32-25)30-6-2)14-18(26(35)37)22-23(28)19(38-3)15-20(39-4)24(22)29/h5,14-16H,1,6-13H2,2-4H3,(H,30,31,32). The summed E-state index contributed by atoms with van der Waals surface area (Å²) in [5.74, 6) is 1.07. The van der Waals surface area contributed by atoms with Gasteiger partial charge in [0.2, 0.25) is 11.9 Å². The van der Waals surface area contributed by atoms with Gasteiger partial charge in [-0.25, -0.2) is 4.98 Å². The molecule has 3 aromatic rings. The molecule has 10 nitrogen and oxygen atoms in total. The van der Waals surface area contributed by atoms with Crippen molar-refractivity contribution in [3.05, 3.63) is 51.4 Å². The number of carbonyl (C=O) groups excluding carboxylic acids is 1. The molecule has 0 radical (unpaired) electrons. The quantitative estimate of drug-likeness (QED) is 0.363. The SMILES string of the molecule is C=CC(=O)N1CCN(CCCn2c(=O)c(-c3c(Cl)c(OC)cc(OC)c3Cl)cc3cnc(NCC)nc32)CC1. The first-order valence-electron chi connectivity index (χ1n) is 12.7. The van der Waals surface area contributed by atoms with Gasteiger partial charge >= 0.3 is 0 Å². The molecule has 12 heteroatoms. The number of benzene rings is 1. The maximum absolute atomic E-state index is 14.0. The van der Waals surface area contributed by atoms with Gasteiger partial charge in [0.05, 0.1) is 29.8 Å². The number of methoxy groups -OCH3 is 2. The van der Waals surface area contributed by atoms with Crippen molar-refractivity contribution in [1.82, 2.24) is 24.3 Å². The smallest absolute Gasteiger partial charge is 0.260 e. The molecule has 0 spiro atoms.